The van der Waals surface area contributed by atoms with E-state index in [4.69, 9.17) is 4.74 Å². The Morgan fingerprint density at radius 3 is 1.09 bits per heavy atom. The van der Waals surface area contributed by atoms with Crippen molar-refractivity contribution < 1.29 is 24.5 Å². The Kier molecular flexibility index (Phi) is 54.0. The maximum Gasteiger partial charge on any atom is 0.305 e. The van der Waals surface area contributed by atoms with Crippen molar-refractivity contribution in [2.45, 2.75) is 341 Å². The third-order valence-corrected chi connectivity index (χ3v) is 13.8. The van der Waals surface area contributed by atoms with Gasteiger partial charge in [0, 0.05) is 12.8 Å². The lowest BCUT2D eigenvalue weighted by atomic mass is 10.0. The molecule has 0 saturated carbocycles. The van der Waals surface area contributed by atoms with Gasteiger partial charge in [-0.15, -0.1) is 0 Å². The standard InChI is InChI=1S/C59H115NO5/c1-3-5-7-9-11-13-14-15-16-17-20-24-27-30-33-37-41-45-49-53-59(64)65-54-50-46-42-38-34-31-28-25-22-19-18-21-23-26-29-32-36-40-44-48-52-58(63)60-56(55-61)57(62)51-47-43-39-35-12-10-8-6-4-2/h18,21,56-57,61-62H,3-17,19-20,22-55H2,1-2H3,(H,60,63)/b21-18-. The molecule has 0 saturated heterocycles. The van der Waals surface area contributed by atoms with Crippen LogP contribution in [0.25, 0.3) is 0 Å². The highest BCUT2D eigenvalue weighted by Gasteiger charge is 2.20. The Balaban J connectivity index is 3.36. The number of allylic oxidation sites excluding steroid dienone is 2. The highest BCUT2D eigenvalue weighted by atomic mass is 16.5. The zero-order chi connectivity index (χ0) is 47.2. The predicted molar refractivity (Wildman–Crippen MR) is 283 cm³/mol. The van der Waals surface area contributed by atoms with Crippen LogP contribution in [-0.2, 0) is 14.3 Å². The lowest BCUT2D eigenvalue weighted by Gasteiger charge is -2.22. The molecule has 65 heavy (non-hydrogen) atoms. The van der Waals surface area contributed by atoms with Crippen LogP contribution in [0.1, 0.15) is 328 Å². The van der Waals surface area contributed by atoms with Gasteiger partial charge in [0.05, 0.1) is 25.4 Å². The first-order valence-corrected chi connectivity index (χ1v) is 29.4. The van der Waals surface area contributed by atoms with Gasteiger partial charge in [0.2, 0.25) is 5.91 Å². The molecule has 2 unspecified atom stereocenters. The molecule has 0 bridgehead atoms. The summed E-state index contributed by atoms with van der Waals surface area (Å²) < 4.78 is 5.49. The molecule has 0 radical (unpaired) electrons. The Morgan fingerprint density at radius 2 is 0.723 bits per heavy atom. The van der Waals surface area contributed by atoms with Crippen molar-refractivity contribution in [3.8, 4) is 0 Å². The fourth-order valence-corrected chi connectivity index (χ4v) is 9.28. The van der Waals surface area contributed by atoms with E-state index in [1.807, 2.05) is 0 Å². The van der Waals surface area contributed by atoms with Gasteiger partial charge in [0.25, 0.3) is 0 Å². The van der Waals surface area contributed by atoms with Gasteiger partial charge in [-0.05, 0) is 51.4 Å². The summed E-state index contributed by atoms with van der Waals surface area (Å²) >= 11 is 0. The quantitative estimate of drug-likeness (QED) is 0.0321. The third kappa shape index (κ3) is 51.8. The number of amides is 1. The smallest absolute Gasteiger partial charge is 0.305 e. The van der Waals surface area contributed by atoms with Gasteiger partial charge >= 0.3 is 5.97 Å². The van der Waals surface area contributed by atoms with Crippen LogP contribution in [0, 0.1) is 0 Å². The van der Waals surface area contributed by atoms with Crippen LogP contribution < -0.4 is 5.32 Å². The number of rotatable bonds is 55. The minimum absolute atomic E-state index is 0.0113. The number of carbonyl (C=O) groups is 2. The molecule has 6 nitrogen and oxygen atoms in total. The van der Waals surface area contributed by atoms with Crippen LogP contribution in [-0.4, -0.2) is 47.4 Å². The van der Waals surface area contributed by atoms with E-state index < -0.39 is 12.1 Å². The summed E-state index contributed by atoms with van der Waals surface area (Å²) in [5.74, 6) is -0.0338. The molecule has 1 amide bonds. The van der Waals surface area contributed by atoms with Gasteiger partial charge in [-0.3, -0.25) is 9.59 Å². The van der Waals surface area contributed by atoms with Crippen molar-refractivity contribution in [3.63, 3.8) is 0 Å². The van der Waals surface area contributed by atoms with Gasteiger partial charge in [0.15, 0.2) is 0 Å². The summed E-state index contributed by atoms with van der Waals surface area (Å²) in [6.07, 6.45) is 65.1. The number of hydrogen-bond acceptors (Lipinski definition) is 5. The van der Waals surface area contributed by atoms with Crippen LogP contribution in [0.2, 0.25) is 0 Å². The number of nitrogens with one attached hydrogen (secondary N) is 1. The average molecular weight is 919 g/mol. The molecule has 0 spiro atoms. The van der Waals surface area contributed by atoms with E-state index in [0.29, 0.717) is 25.9 Å². The first-order valence-electron chi connectivity index (χ1n) is 29.4. The summed E-state index contributed by atoms with van der Waals surface area (Å²) in [7, 11) is 0. The molecule has 0 aliphatic heterocycles. The average Bonchev–Trinajstić information content (AvgIpc) is 3.31. The molecule has 6 heteroatoms. The number of aliphatic hydroxyl groups excluding tert-OH is 2. The second-order valence-corrected chi connectivity index (χ2v) is 20.3. The topological polar surface area (TPSA) is 95.9 Å². The summed E-state index contributed by atoms with van der Waals surface area (Å²) in [4.78, 5) is 24.5. The van der Waals surface area contributed by atoms with Crippen molar-refractivity contribution >= 4 is 11.9 Å². The Bertz CT molecular complexity index is 970. The van der Waals surface area contributed by atoms with Crippen LogP contribution in [0.4, 0.5) is 0 Å². The molecule has 2 atom stereocenters. The molecular formula is C59H115NO5. The SMILES string of the molecule is CCCCCCCCCCCCCCCCCCCCCC(=O)OCCCCCCCCCCC/C=C\CCCCCCCCCC(=O)NC(CO)C(O)CCCCCCCCCCC. The fourth-order valence-electron chi connectivity index (χ4n) is 9.28. The first-order chi connectivity index (χ1) is 32.0. The second-order valence-electron chi connectivity index (χ2n) is 20.3. The number of unbranched alkanes of at least 4 members (excludes halogenated alkanes) is 42. The molecule has 0 heterocycles. The van der Waals surface area contributed by atoms with Gasteiger partial charge in [-0.25, -0.2) is 0 Å². The zero-order valence-corrected chi connectivity index (χ0v) is 44.0. The highest BCUT2D eigenvalue weighted by molar-refractivity contribution is 5.76. The third-order valence-electron chi connectivity index (χ3n) is 13.8. The largest absolute Gasteiger partial charge is 0.466 e. The fraction of sp³-hybridized carbons (Fsp3) is 0.932. The molecule has 0 aliphatic carbocycles. The second kappa shape index (κ2) is 55.2. The minimum Gasteiger partial charge on any atom is -0.466 e. The van der Waals surface area contributed by atoms with E-state index in [-0.39, 0.29) is 18.5 Å². The Hall–Kier alpha value is -1.40. The maximum absolute atomic E-state index is 12.4. The lowest BCUT2D eigenvalue weighted by molar-refractivity contribution is -0.143. The number of aliphatic hydroxyl groups is 2. The Labute approximate surface area is 406 Å². The summed E-state index contributed by atoms with van der Waals surface area (Å²) in [6, 6.07) is -0.545. The first kappa shape index (κ1) is 63.6. The number of carbonyl (C=O) groups excluding carboxylic acids is 2. The molecule has 3 N–H and O–H groups in total. The highest BCUT2D eigenvalue weighted by Crippen LogP contribution is 2.17. The number of ether oxygens (including phenoxy) is 1. The lowest BCUT2D eigenvalue weighted by Crippen LogP contribution is -2.45. The van der Waals surface area contributed by atoms with Crippen molar-refractivity contribution in [3.05, 3.63) is 12.2 Å². The summed E-state index contributed by atoms with van der Waals surface area (Å²) in [5, 5.41) is 23.1. The van der Waals surface area contributed by atoms with Crippen LogP contribution in [0.5, 0.6) is 0 Å². The normalized spacial score (nSPS) is 12.6. The van der Waals surface area contributed by atoms with E-state index in [2.05, 4.69) is 31.3 Å². The van der Waals surface area contributed by atoms with E-state index in [1.54, 1.807) is 0 Å². The molecule has 0 aromatic carbocycles. The molecule has 0 fully saturated rings. The van der Waals surface area contributed by atoms with E-state index >= 15 is 0 Å². The van der Waals surface area contributed by atoms with Crippen LogP contribution in [0.3, 0.4) is 0 Å². The van der Waals surface area contributed by atoms with Crippen LogP contribution >= 0.6 is 0 Å². The minimum atomic E-state index is -0.666. The van der Waals surface area contributed by atoms with E-state index in [1.165, 1.54) is 257 Å². The van der Waals surface area contributed by atoms with Crippen molar-refractivity contribution in [1.29, 1.82) is 0 Å². The molecule has 0 rings (SSSR count). The van der Waals surface area contributed by atoms with Gasteiger partial charge in [0.1, 0.15) is 0 Å². The zero-order valence-electron chi connectivity index (χ0n) is 44.0. The summed E-state index contributed by atoms with van der Waals surface area (Å²) in [5.41, 5.74) is 0. The van der Waals surface area contributed by atoms with E-state index in [0.717, 1.165) is 38.5 Å². The van der Waals surface area contributed by atoms with Crippen molar-refractivity contribution in [2.24, 2.45) is 0 Å². The van der Waals surface area contributed by atoms with Gasteiger partial charge in [-0.2, -0.15) is 0 Å². The monoisotopic (exact) mass is 918 g/mol. The molecule has 386 valence electrons. The van der Waals surface area contributed by atoms with Crippen molar-refractivity contribution in [1.82, 2.24) is 5.32 Å². The molecule has 0 aromatic heterocycles. The maximum atomic E-state index is 12.4. The van der Waals surface area contributed by atoms with E-state index in [9.17, 15) is 19.8 Å². The summed E-state index contributed by atoms with van der Waals surface area (Å²) in [6.45, 7) is 4.94. The van der Waals surface area contributed by atoms with Gasteiger partial charge < -0.3 is 20.3 Å². The molecule has 0 aliphatic rings. The predicted octanol–water partition coefficient (Wildman–Crippen LogP) is 18.1. The number of hydrogen-bond donors (Lipinski definition) is 3. The van der Waals surface area contributed by atoms with Crippen molar-refractivity contribution in [2.75, 3.05) is 13.2 Å². The molecular weight excluding hydrogens is 803 g/mol. The molecule has 0 aromatic rings. The van der Waals surface area contributed by atoms with Gasteiger partial charge in [-0.1, -0.05) is 276 Å². The Morgan fingerprint density at radius 1 is 0.415 bits per heavy atom. The van der Waals surface area contributed by atoms with Crippen LogP contribution in [0.15, 0.2) is 12.2 Å². The number of esters is 1.